The SMILES string of the molecule is C=CC(=O)Nc1cccc(NC(=O)c2n[nH]cc2NC(=O)c2c(Cl)cccc2Cl)c1. The monoisotopic (exact) mass is 443 g/mol. The predicted molar refractivity (Wildman–Crippen MR) is 116 cm³/mol. The van der Waals surface area contributed by atoms with Gasteiger partial charge >= 0.3 is 0 Å². The van der Waals surface area contributed by atoms with E-state index in [0.717, 1.165) is 6.08 Å². The van der Waals surface area contributed by atoms with E-state index >= 15 is 0 Å². The number of halogens is 2. The van der Waals surface area contributed by atoms with E-state index in [1.807, 2.05) is 0 Å². The maximum atomic E-state index is 12.6. The van der Waals surface area contributed by atoms with Gasteiger partial charge in [0, 0.05) is 17.6 Å². The number of aromatic amines is 1. The molecule has 0 atom stereocenters. The lowest BCUT2D eigenvalue weighted by atomic mass is 10.2. The average Bonchev–Trinajstić information content (AvgIpc) is 3.16. The second-order valence-corrected chi connectivity index (χ2v) is 6.74. The number of nitrogens with one attached hydrogen (secondary N) is 4. The first kappa shape index (κ1) is 21.1. The van der Waals surface area contributed by atoms with Crippen molar-refractivity contribution in [3.63, 3.8) is 0 Å². The van der Waals surface area contributed by atoms with Crippen LogP contribution in [0, 0.1) is 0 Å². The number of carbonyl (C=O) groups excluding carboxylic acids is 3. The molecule has 0 fully saturated rings. The third kappa shape index (κ3) is 4.86. The summed E-state index contributed by atoms with van der Waals surface area (Å²) in [7, 11) is 0. The van der Waals surface area contributed by atoms with E-state index in [1.165, 1.54) is 18.3 Å². The molecule has 30 heavy (non-hydrogen) atoms. The quantitative estimate of drug-likeness (QED) is 0.423. The van der Waals surface area contributed by atoms with Crippen LogP contribution in [-0.2, 0) is 4.79 Å². The average molecular weight is 444 g/mol. The maximum Gasteiger partial charge on any atom is 0.278 e. The fourth-order valence-electron chi connectivity index (χ4n) is 2.52. The number of hydrogen-bond donors (Lipinski definition) is 4. The molecule has 3 rings (SSSR count). The van der Waals surface area contributed by atoms with E-state index in [1.54, 1.807) is 30.3 Å². The van der Waals surface area contributed by atoms with Crippen LogP contribution in [0.4, 0.5) is 17.1 Å². The second-order valence-electron chi connectivity index (χ2n) is 5.93. The Morgan fingerprint density at radius 1 is 0.933 bits per heavy atom. The third-order valence-electron chi connectivity index (χ3n) is 3.87. The van der Waals surface area contributed by atoms with E-state index in [4.69, 9.17) is 23.2 Å². The van der Waals surface area contributed by atoms with Gasteiger partial charge in [-0.1, -0.05) is 41.9 Å². The van der Waals surface area contributed by atoms with Gasteiger partial charge in [0.25, 0.3) is 11.8 Å². The Hall–Kier alpha value is -3.62. The largest absolute Gasteiger partial charge is 0.322 e. The molecule has 2 aromatic carbocycles. The van der Waals surface area contributed by atoms with Crippen LogP contribution in [0.5, 0.6) is 0 Å². The zero-order valence-corrected chi connectivity index (χ0v) is 16.8. The summed E-state index contributed by atoms with van der Waals surface area (Å²) in [6.45, 7) is 3.38. The van der Waals surface area contributed by atoms with Gasteiger partial charge in [0.2, 0.25) is 5.91 Å². The molecule has 10 heteroatoms. The van der Waals surface area contributed by atoms with E-state index < -0.39 is 11.8 Å². The Balaban J connectivity index is 1.76. The lowest BCUT2D eigenvalue weighted by Crippen LogP contribution is -2.18. The van der Waals surface area contributed by atoms with Crippen LogP contribution >= 0.6 is 23.2 Å². The molecule has 0 aliphatic rings. The van der Waals surface area contributed by atoms with Crippen LogP contribution in [0.2, 0.25) is 10.0 Å². The molecule has 3 amide bonds. The number of H-pyrrole nitrogens is 1. The Bertz CT molecular complexity index is 1120. The highest BCUT2D eigenvalue weighted by molar-refractivity contribution is 6.40. The third-order valence-corrected chi connectivity index (χ3v) is 4.50. The van der Waals surface area contributed by atoms with Gasteiger partial charge < -0.3 is 16.0 Å². The lowest BCUT2D eigenvalue weighted by Gasteiger charge is -2.09. The molecule has 0 aliphatic carbocycles. The van der Waals surface area contributed by atoms with Crippen molar-refractivity contribution < 1.29 is 14.4 Å². The Kier molecular flexibility index (Phi) is 6.51. The smallest absolute Gasteiger partial charge is 0.278 e. The number of hydrogen-bond acceptors (Lipinski definition) is 4. The summed E-state index contributed by atoms with van der Waals surface area (Å²) in [5, 5.41) is 14.6. The fraction of sp³-hybridized carbons (Fsp3) is 0. The Morgan fingerprint density at radius 2 is 1.57 bits per heavy atom. The van der Waals surface area contributed by atoms with Crippen molar-refractivity contribution in [1.82, 2.24) is 10.2 Å². The number of aromatic nitrogens is 2. The molecule has 8 nitrogen and oxygen atoms in total. The van der Waals surface area contributed by atoms with Crippen LogP contribution in [0.25, 0.3) is 0 Å². The Morgan fingerprint density at radius 3 is 2.23 bits per heavy atom. The van der Waals surface area contributed by atoms with E-state index in [2.05, 4.69) is 32.7 Å². The van der Waals surface area contributed by atoms with Crippen LogP contribution in [-0.4, -0.2) is 27.9 Å². The number of nitrogens with zero attached hydrogens (tertiary/aromatic N) is 1. The molecule has 0 unspecified atom stereocenters. The van der Waals surface area contributed by atoms with Gasteiger partial charge in [0.1, 0.15) is 0 Å². The van der Waals surface area contributed by atoms with Gasteiger partial charge in [-0.15, -0.1) is 0 Å². The van der Waals surface area contributed by atoms with Crippen molar-refractivity contribution >= 4 is 58.0 Å². The molecule has 0 spiro atoms. The molecule has 4 N–H and O–H groups in total. The summed E-state index contributed by atoms with van der Waals surface area (Å²) in [6, 6.07) is 11.2. The maximum absolute atomic E-state index is 12.6. The second kappa shape index (κ2) is 9.25. The highest BCUT2D eigenvalue weighted by Gasteiger charge is 2.20. The van der Waals surface area contributed by atoms with Crippen molar-refractivity contribution in [2.24, 2.45) is 0 Å². The molecule has 0 radical (unpaired) electrons. The highest BCUT2D eigenvalue weighted by Crippen LogP contribution is 2.26. The van der Waals surface area contributed by atoms with E-state index in [9.17, 15) is 14.4 Å². The minimum absolute atomic E-state index is 0.0490. The van der Waals surface area contributed by atoms with Crippen molar-refractivity contribution in [3.8, 4) is 0 Å². The number of carbonyl (C=O) groups is 3. The molecule has 0 saturated carbocycles. The van der Waals surface area contributed by atoms with Crippen LogP contribution in [0.3, 0.4) is 0 Å². The molecule has 1 aromatic heterocycles. The first-order valence-electron chi connectivity index (χ1n) is 8.53. The van der Waals surface area contributed by atoms with Crippen molar-refractivity contribution in [1.29, 1.82) is 0 Å². The van der Waals surface area contributed by atoms with Gasteiger partial charge in [-0.3, -0.25) is 19.5 Å². The lowest BCUT2D eigenvalue weighted by molar-refractivity contribution is -0.111. The summed E-state index contributed by atoms with van der Waals surface area (Å²) >= 11 is 12.1. The molecular formula is C20H15Cl2N5O3. The van der Waals surface area contributed by atoms with Crippen LogP contribution < -0.4 is 16.0 Å². The van der Waals surface area contributed by atoms with Crippen molar-refractivity contribution in [2.75, 3.05) is 16.0 Å². The number of amides is 3. The first-order chi connectivity index (χ1) is 14.4. The topological polar surface area (TPSA) is 116 Å². The summed E-state index contributed by atoms with van der Waals surface area (Å²) in [6.07, 6.45) is 2.49. The van der Waals surface area contributed by atoms with Gasteiger partial charge in [-0.05, 0) is 36.4 Å². The van der Waals surface area contributed by atoms with Gasteiger partial charge in [0.05, 0.1) is 21.3 Å². The summed E-state index contributed by atoms with van der Waals surface area (Å²) in [4.78, 5) is 36.6. The van der Waals surface area contributed by atoms with Gasteiger partial charge in [-0.25, -0.2) is 0 Å². The predicted octanol–water partition coefficient (Wildman–Crippen LogP) is 4.35. The summed E-state index contributed by atoms with van der Waals surface area (Å²) < 4.78 is 0. The minimum Gasteiger partial charge on any atom is -0.322 e. The number of rotatable bonds is 6. The van der Waals surface area contributed by atoms with Crippen LogP contribution in [0.15, 0.2) is 61.3 Å². The van der Waals surface area contributed by atoms with Crippen molar-refractivity contribution in [3.05, 3.63) is 82.6 Å². The van der Waals surface area contributed by atoms with Crippen molar-refractivity contribution in [2.45, 2.75) is 0 Å². The molecule has 0 bridgehead atoms. The number of benzene rings is 2. The molecule has 0 saturated heterocycles. The highest BCUT2D eigenvalue weighted by atomic mass is 35.5. The van der Waals surface area contributed by atoms with E-state index in [0.29, 0.717) is 11.4 Å². The fourth-order valence-corrected chi connectivity index (χ4v) is 3.09. The minimum atomic E-state index is -0.588. The van der Waals surface area contributed by atoms with Gasteiger partial charge in [0.15, 0.2) is 5.69 Å². The summed E-state index contributed by atoms with van der Waals surface area (Å²) in [5.74, 6) is -1.55. The molecule has 3 aromatic rings. The Labute approximate surface area is 181 Å². The zero-order valence-electron chi connectivity index (χ0n) is 15.3. The normalized spacial score (nSPS) is 10.2. The molecule has 0 aliphatic heterocycles. The first-order valence-corrected chi connectivity index (χ1v) is 9.28. The zero-order chi connectivity index (χ0) is 21.7. The molecule has 152 valence electrons. The van der Waals surface area contributed by atoms with Crippen LogP contribution in [0.1, 0.15) is 20.8 Å². The molecule has 1 heterocycles. The summed E-state index contributed by atoms with van der Waals surface area (Å²) in [5.41, 5.74) is 1.06. The standard InChI is InChI=1S/C20H15Cl2N5O3/c1-2-16(28)24-11-5-3-6-12(9-11)25-20(30)18-15(10-23-27-18)26-19(29)17-13(21)7-4-8-14(17)22/h2-10H,1H2,(H,23,27)(H,24,28)(H,25,30)(H,26,29). The van der Waals surface area contributed by atoms with E-state index in [-0.39, 0.29) is 32.9 Å². The molecular weight excluding hydrogens is 429 g/mol. The van der Waals surface area contributed by atoms with Gasteiger partial charge in [-0.2, -0.15) is 5.10 Å². The number of anilines is 3.